The number of anilines is 1. The van der Waals surface area contributed by atoms with Crippen LogP contribution in [0.2, 0.25) is 5.02 Å². The molecule has 8 heteroatoms. The average Bonchev–Trinajstić information content (AvgIpc) is 2.75. The number of hydrogen-bond donors (Lipinski definition) is 0. The molecule has 0 atom stereocenters. The molecular formula is C23H22ClNO5S. The van der Waals surface area contributed by atoms with Crippen LogP contribution in [0.25, 0.3) is 0 Å². The van der Waals surface area contributed by atoms with Crippen LogP contribution in [0.3, 0.4) is 0 Å². The van der Waals surface area contributed by atoms with Gasteiger partial charge in [-0.1, -0.05) is 29.8 Å². The second kappa shape index (κ2) is 9.41. The summed E-state index contributed by atoms with van der Waals surface area (Å²) in [5, 5.41) is 0.393. The van der Waals surface area contributed by atoms with Crippen LogP contribution in [0.4, 0.5) is 5.69 Å². The molecule has 0 fully saturated rings. The highest BCUT2D eigenvalue weighted by Crippen LogP contribution is 2.29. The molecule has 3 aromatic rings. The van der Waals surface area contributed by atoms with Crippen molar-refractivity contribution in [1.82, 2.24) is 0 Å². The number of amides is 1. The normalized spacial score (nSPS) is 11.1. The number of methoxy groups -OCH3 is 1. The summed E-state index contributed by atoms with van der Waals surface area (Å²) in [4.78, 5) is 13.1. The van der Waals surface area contributed by atoms with E-state index < -0.39 is 22.5 Å². The topological polar surface area (TPSA) is 72.9 Å². The first kappa shape index (κ1) is 22.7. The summed E-state index contributed by atoms with van der Waals surface area (Å²) in [6.45, 7) is 3.09. The zero-order chi connectivity index (χ0) is 22.6. The van der Waals surface area contributed by atoms with Crippen LogP contribution >= 0.6 is 11.6 Å². The highest BCUT2D eigenvalue weighted by atomic mass is 35.5. The molecule has 0 aliphatic rings. The van der Waals surface area contributed by atoms with Crippen LogP contribution in [-0.2, 0) is 14.8 Å². The third-order valence-electron chi connectivity index (χ3n) is 4.57. The molecule has 0 aliphatic carbocycles. The second-order valence-corrected chi connectivity index (χ2v) is 9.10. The number of rotatable bonds is 7. The van der Waals surface area contributed by atoms with Crippen molar-refractivity contribution in [2.45, 2.75) is 18.7 Å². The molecule has 3 aromatic carbocycles. The molecule has 0 heterocycles. The number of ether oxygens (including phenoxy) is 2. The van der Waals surface area contributed by atoms with Crippen molar-refractivity contribution in [1.29, 1.82) is 0 Å². The van der Waals surface area contributed by atoms with Crippen molar-refractivity contribution in [3.05, 3.63) is 82.9 Å². The fourth-order valence-electron chi connectivity index (χ4n) is 2.94. The molecule has 0 bridgehead atoms. The number of carbonyl (C=O) groups excluding carboxylic acids is 1. The molecule has 0 spiro atoms. The van der Waals surface area contributed by atoms with E-state index in [0.29, 0.717) is 22.1 Å². The fraction of sp³-hybridized carbons (Fsp3) is 0.174. The molecule has 0 saturated carbocycles. The van der Waals surface area contributed by atoms with Crippen LogP contribution in [0, 0.1) is 13.8 Å². The molecule has 0 N–H and O–H groups in total. The van der Waals surface area contributed by atoms with Gasteiger partial charge in [0, 0.05) is 11.1 Å². The highest BCUT2D eigenvalue weighted by molar-refractivity contribution is 7.93. The molecule has 0 unspecified atom stereocenters. The minimum atomic E-state index is -4.21. The Balaban J connectivity index is 2.00. The van der Waals surface area contributed by atoms with E-state index in [1.54, 1.807) is 43.3 Å². The van der Waals surface area contributed by atoms with Crippen molar-refractivity contribution in [3.63, 3.8) is 0 Å². The summed E-state index contributed by atoms with van der Waals surface area (Å²) >= 11 is 5.90. The van der Waals surface area contributed by atoms with E-state index in [1.165, 1.54) is 31.4 Å². The lowest BCUT2D eigenvalue weighted by Gasteiger charge is -2.25. The Hall–Kier alpha value is -3.03. The Morgan fingerprint density at radius 3 is 2.32 bits per heavy atom. The number of sulfonamides is 1. The van der Waals surface area contributed by atoms with E-state index in [-0.39, 0.29) is 10.6 Å². The van der Waals surface area contributed by atoms with Crippen LogP contribution < -0.4 is 13.8 Å². The van der Waals surface area contributed by atoms with Gasteiger partial charge >= 0.3 is 0 Å². The van der Waals surface area contributed by atoms with Gasteiger partial charge in [0.15, 0.2) is 6.61 Å². The van der Waals surface area contributed by atoms with Crippen LogP contribution in [0.5, 0.6) is 11.5 Å². The zero-order valence-corrected chi connectivity index (χ0v) is 18.9. The molecule has 3 rings (SSSR count). The summed E-state index contributed by atoms with van der Waals surface area (Å²) in [7, 11) is -2.69. The van der Waals surface area contributed by atoms with E-state index in [2.05, 4.69) is 0 Å². The molecule has 31 heavy (non-hydrogen) atoms. The minimum Gasteiger partial charge on any atom is -0.497 e. The van der Waals surface area contributed by atoms with E-state index in [0.717, 1.165) is 9.87 Å². The van der Waals surface area contributed by atoms with Crippen molar-refractivity contribution in [2.75, 3.05) is 18.0 Å². The standard InChI is InChI=1S/C23H22ClNO5S/c1-16-7-8-17(2)22(13-16)25(31(27,28)21-11-9-18(24)10-12-21)23(26)15-30-20-6-4-5-19(14-20)29-3/h4-14H,15H2,1-3H3. The molecule has 0 radical (unpaired) electrons. The van der Waals surface area contributed by atoms with Gasteiger partial charge < -0.3 is 9.47 Å². The lowest BCUT2D eigenvalue weighted by molar-refractivity contribution is -0.119. The Labute approximate surface area is 187 Å². The Kier molecular flexibility index (Phi) is 6.87. The Bertz CT molecular complexity index is 1190. The minimum absolute atomic E-state index is 0.0486. The summed E-state index contributed by atoms with van der Waals surface area (Å²) in [6.07, 6.45) is 0. The fourth-order valence-corrected chi connectivity index (χ4v) is 4.54. The van der Waals surface area contributed by atoms with Gasteiger partial charge in [0.05, 0.1) is 17.7 Å². The second-order valence-electron chi connectivity index (χ2n) is 6.87. The van der Waals surface area contributed by atoms with Gasteiger partial charge in [0.1, 0.15) is 11.5 Å². The van der Waals surface area contributed by atoms with Crippen molar-refractivity contribution >= 4 is 33.2 Å². The molecule has 1 amide bonds. The monoisotopic (exact) mass is 459 g/mol. The van der Waals surface area contributed by atoms with Gasteiger partial charge in [-0.15, -0.1) is 0 Å². The number of benzene rings is 3. The maximum Gasteiger partial charge on any atom is 0.278 e. The maximum absolute atomic E-state index is 13.4. The SMILES string of the molecule is COc1cccc(OCC(=O)N(c2cc(C)ccc2C)S(=O)(=O)c2ccc(Cl)cc2)c1. The molecule has 0 aromatic heterocycles. The van der Waals surface area contributed by atoms with Crippen LogP contribution in [-0.4, -0.2) is 28.0 Å². The van der Waals surface area contributed by atoms with E-state index in [1.807, 2.05) is 13.0 Å². The highest BCUT2D eigenvalue weighted by Gasteiger charge is 2.32. The van der Waals surface area contributed by atoms with Gasteiger partial charge in [-0.05, 0) is 67.4 Å². The summed E-state index contributed by atoms with van der Waals surface area (Å²) in [5.74, 6) is 0.217. The van der Waals surface area contributed by atoms with Crippen molar-refractivity contribution in [2.24, 2.45) is 0 Å². The summed E-state index contributed by atoms with van der Waals surface area (Å²) in [5.41, 5.74) is 1.73. The molecule has 162 valence electrons. The van der Waals surface area contributed by atoms with Crippen molar-refractivity contribution < 1.29 is 22.7 Å². The van der Waals surface area contributed by atoms with E-state index in [9.17, 15) is 13.2 Å². The lowest BCUT2D eigenvalue weighted by atomic mass is 10.1. The number of aryl methyl sites for hydroxylation is 2. The molecule has 0 saturated heterocycles. The Morgan fingerprint density at radius 1 is 0.968 bits per heavy atom. The predicted octanol–water partition coefficient (Wildman–Crippen LogP) is 4.77. The van der Waals surface area contributed by atoms with Gasteiger partial charge in [-0.25, -0.2) is 8.42 Å². The van der Waals surface area contributed by atoms with Gasteiger partial charge in [-0.2, -0.15) is 4.31 Å². The third-order valence-corrected chi connectivity index (χ3v) is 6.57. The quantitative estimate of drug-likeness (QED) is 0.509. The molecule has 0 aliphatic heterocycles. The van der Waals surface area contributed by atoms with Gasteiger partial charge in [-0.3, -0.25) is 4.79 Å². The first-order chi connectivity index (χ1) is 14.7. The number of nitrogens with zero attached hydrogens (tertiary/aromatic N) is 1. The average molecular weight is 460 g/mol. The molecular weight excluding hydrogens is 438 g/mol. The lowest BCUT2D eigenvalue weighted by Crippen LogP contribution is -2.40. The predicted molar refractivity (Wildman–Crippen MR) is 121 cm³/mol. The van der Waals surface area contributed by atoms with E-state index in [4.69, 9.17) is 21.1 Å². The number of hydrogen-bond acceptors (Lipinski definition) is 5. The third kappa shape index (κ3) is 5.18. The van der Waals surface area contributed by atoms with Crippen LogP contribution in [0.1, 0.15) is 11.1 Å². The van der Waals surface area contributed by atoms with Crippen LogP contribution in [0.15, 0.2) is 71.6 Å². The molecule has 6 nitrogen and oxygen atoms in total. The number of halogens is 1. The Morgan fingerprint density at radius 2 is 1.65 bits per heavy atom. The first-order valence-electron chi connectivity index (χ1n) is 9.40. The van der Waals surface area contributed by atoms with Gasteiger partial charge in [0.2, 0.25) is 0 Å². The first-order valence-corrected chi connectivity index (χ1v) is 11.2. The van der Waals surface area contributed by atoms with E-state index >= 15 is 0 Å². The number of carbonyl (C=O) groups is 1. The smallest absolute Gasteiger partial charge is 0.278 e. The summed E-state index contributed by atoms with van der Waals surface area (Å²) in [6, 6.07) is 17.7. The zero-order valence-electron chi connectivity index (χ0n) is 17.3. The van der Waals surface area contributed by atoms with Crippen molar-refractivity contribution in [3.8, 4) is 11.5 Å². The maximum atomic E-state index is 13.4. The largest absolute Gasteiger partial charge is 0.497 e. The van der Waals surface area contributed by atoms with Gasteiger partial charge in [0.25, 0.3) is 15.9 Å². The summed E-state index contributed by atoms with van der Waals surface area (Å²) < 4.78 is 38.4.